The molecule has 118 valence electrons. The Hall–Kier alpha value is -2.60. The van der Waals surface area contributed by atoms with Crippen LogP contribution >= 0.6 is 11.8 Å². The number of rotatable bonds is 7. The first kappa shape index (κ1) is 16.8. The maximum Gasteiger partial charge on any atom is 0.305 e. The van der Waals surface area contributed by atoms with Gasteiger partial charge in [0.25, 0.3) is 5.12 Å². The van der Waals surface area contributed by atoms with Gasteiger partial charge in [0.1, 0.15) is 0 Å². The third-order valence-corrected chi connectivity index (χ3v) is 3.83. The highest BCUT2D eigenvalue weighted by Gasteiger charge is 2.17. The van der Waals surface area contributed by atoms with E-state index in [0.29, 0.717) is 17.8 Å². The molecule has 0 bridgehead atoms. The molecule has 0 aliphatic carbocycles. The molecule has 5 nitrogen and oxygen atoms in total. The van der Waals surface area contributed by atoms with Gasteiger partial charge >= 0.3 is 5.97 Å². The molecule has 2 rings (SSSR count). The number of anilines is 1. The first-order chi connectivity index (χ1) is 11.1. The van der Waals surface area contributed by atoms with Crippen molar-refractivity contribution in [2.75, 3.05) is 11.9 Å². The van der Waals surface area contributed by atoms with Gasteiger partial charge in [-0.3, -0.25) is 14.4 Å². The average Bonchev–Trinajstić information content (AvgIpc) is 2.55. The molecule has 23 heavy (non-hydrogen) atoms. The Bertz CT molecular complexity index is 698. The molecule has 0 heterocycles. The van der Waals surface area contributed by atoms with Crippen LogP contribution in [0.25, 0.3) is 0 Å². The van der Waals surface area contributed by atoms with Gasteiger partial charge in [-0.2, -0.15) is 0 Å². The van der Waals surface area contributed by atoms with Gasteiger partial charge in [-0.05, 0) is 48.2 Å². The van der Waals surface area contributed by atoms with Crippen LogP contribution in [-0.2, 0) is 9.59 Å². The lowest BCUT2D eigenvalue weighted by Gasteiger charge is -2.05. The van der Waals surface area contributed by atoms with Crippen molar-refractivity contribution in [1.82, 2.24) is 0 Å². The van der Waals surface area contributed by atoms with Crippen LogP contribution in [0.5, 0.6) is 0 Å². The lowest BCUT2D eigenvalue weighted by molar-refractivity contribution is -0.136. The molecule has 0 aliphatic rings. The maximum absolute atomic E-state index is 12.1. The van der Waals surface area contributed by atoms with E-state index in [2.05, 4.69) is 5.32 Å². The zero-order chi connectivity index (χ0) is 16.7. The predicted molar refractivity (Wildman–Crippen MR) is 88.8 cm³/mol. The van der Waals surface area contributed by atoms with E-state index >= 15 is 0 Å². The first-order valence-corrected chi connectivity index (χ1v) is 7.75. The largest absolute Gasteiger partial charge is 0.481 e. The van der Waals surface area contributed by atoms with Gasteiger partial charge in [-0.25, -0.2) is 0 Å². The Morgan fingerprint density at radius 3 is 2.22 bits per heavy atom. The minimum atomic E-state index is -0.882. The number of hydrogen-bond donors (Lipinski definition) is 2. The summed E-state index contributed by atoms with van der Waals surface area (Å²) in [5.41, 5.74) is 1.01. The second-order valence-corrected chi connectivity index (χ2v) is 5.73. The topological polar surface area (TPSA) is 83.5 Å². The molecule has 0 amide bonds. The van der Waals surface area contributed by atoms with Gasteiger partial charge in [0.15, 0.2) is 0 Å². The van der Waals surface area contributed by atoms with Crippen molar-refractivity contribution in [3.8, 4) is 0 Å². The predicted octanol–water partition coefficient (Wildman–Crippen LogP) is 3.07. The summed E-state index contributed by atoms with van der Waals surface area (Å²) in [6.45, 7) is 0.297. The van der Waals surface area contributed by atoms with E-state index in [-0.39, 0.29) is 6.42 Å². The monoisotopic (exact) mass is 329 g/mol. The van der Waals surface area contributed by atoms with E-state index in [4.69, 9.17) is 5.11 Å². The number of thioether (sulfide) groups is 1. The summed E-state index contributed by atoms with van der Waals surface area (Å²) in [6.07, 6.45) is 0.00683. The van der Waals surface area contributed by atoms with E-state index in [1.807, 2.05) is 6.07 Å². The molecule has 0 saturated carbocycles. The number of hydrogen-bond acceptors (Lipinski definition) is 5. The molecule has 0 aliphatic heterocycles. The van der Waals surface area contributed by atoms with Crippen molar-refractivity contribution in [2.24, 2.45) is 0 Å². The summed E-state index contributed by atoms with van der Waals surface area (Å²) in [4.78, 5) is 35.2. The van der Waals surface area contributed by atoms with Gasteiger partial charge in [0, 0.05) is 22.7 Å². The number of carbonyl (C=O) groups is 3. The molecular formula is C17H15NO4S. The Kier molecular flexibility index (Phi) is 5.94. The van der Waals surface area contributed by atoms with Gasteiger partial charge in [0.2, 0.25) is 5.78 Å². The van der Waals surface area contributed by atoms with Crippen LogP contribution < -0.4 is 5.32 Å². The van der Waals surface area contributed by atoms with Crippen molar-refractivity contribution < 1.29 is 19.5 Å². The van der Waals surface area contributed by atoms with Gasteiger partial charge < -0.3 is 10.4 Å². The number of aliphatic carboxylic acids is 1. The fraction of sp³-hybridized carbons (Fsp3) is 0.118. The SMILES string of the molecule is O=C(O)CCNc1ccc(C(=O)C(=O)Sc2ccccc2)cc1. The van der Waals surface area contributed by atoms with Gasteiger partial charge in [0.05, 0.1) is 6.42 Å². The smallest absolute Gasteiger partial charge is 0.305 e. The molecule has 0 atom stereocenters. The lowest BCUT2D eigenvalue weighted by Crippen LogP contribution is -2.11. The Balaban J connectivity index is 1.94. The summed E-state index contributed by atoms with van der Waals surface area (Å²) < 4.78 is 0. The van der Waals surface area contributed by atoms with Crippen molar-refractivity contribution >= 4 is 34.3 Å². The Labute approximate surface area is 137 Å². The molecule has 0 fully saturated rings. The van der Waals surface area contributed by atoms with Crippen LogP contribution in [0.15, 0.2) is 59.5 Å². The van der Waals surface area contributed by atoms with E-state index in [0.717, 1.165) is 16.7 Å². The Morgan fingerprint density at radius 1 is 0.957 bits per heavy atom. The molecule has 6 heteroatoms. The zero-order valence-electron chi connectivity index (χ0n) is 12.2. The normalized spacial score (nSPS) is 10.1. The number of carboxylic acid groups (broad SMARTS) is 1. The molecule has 0 unspecified atom stereocenters. The standard InChI is InChI=1S/C17H15NO4S/c19-15(20)10-11-18-13-8-6-12(7-9-13)16(21)17(22)23-14-4-2-1-3-5-14/h1-9,18H,10-11H2,(H,19,20). The quantitative estimate of drug-likeness (QED) is 0.461. The van der Waals surface area contributed by atoms with Crippen LogP contribution in [0.2, 0.25) is 0 Å². The number of benzene rings is 2. The van der Waals surface area contributed by atoms with Crippen molar-refractivity contribution in [3.63, 3.8) is 0 Å². The number of nitrogens with one attached hydrogen (secondary N) is 1. The summed E-state index contributed by atoms with van der Waals surface area (Å²) >= 11 is 0.898. The fourth-order valence-corrected chi connectivity index (χ4v) is 2.53. The lowest BCUT2D eigenvalue weighted by atomic mass is 10.1. The molecule has 2 aromatic carbocycles. The molecule has 0 spiro atoms. The van der Waals surface area contributed by atoms with Crippen LogP contribution in [0.3, 0.4) is 0 Å². The molecule has 2 N–H and O–H groups in total. The minimum absolute atomic E-state index is 0.00683. The highest BCUT2D eigenvalue weighted by Crippen LogP contribution is 2.20. The van der Waals surface area contributed by atoms with Crippen LogP contribution in [0.1, 0.15) is 16.8 Å². The number of carboxylic acids is 1. The summed E-state index contributed by atoms with van der Waals surface area (Å²) in [7, 11) is 0. The maximum atomic E-state index is 12.1. The van der Waals surface area contributed by atoms with Crippen LogP contribution in [-0.4, -0.2) is 28.5 Å². The number of ketones is 1. The number of Topliss-reactive ketones (excluding diaryl/α,β-unsaturated/α-hetero) is 1. The van der Waals surface area contributed by atoms with Gasteiger partial charge in [-0.15, -0.1) is 0 Å². The van der Waals surface area contributed by atoms with Gasteiger partial charge in [-0.1, -0.05) is 18.2 Å². The van der Waals surface area contributed by atoms with Crippen molar-refractivity contribution in [3.05, 3.63) is 60.2 Å². The molecule has 0 saturated heterocycles. The van der Waals surface area contributed by atoms with E-state index in [1.54, 1.807) is 48.5 Å². The average molecular weight is 329 g/mol. The van der Waals surface area contributed by atoms with Crippen molar-refractivity contribution in [2.45, 2.75) is 11.3 Å². The first-order valence-electron chi connectivity index (χ1n) is 6.93. The Morgan fingerprint density at radius 2 is 1.61 bits per heavy atom. The van der Waals surface area contributed by atoms with E-state index in [9.17, 15) is 14.4 Å². The van der Waals surface area contributed by atoms with Crippen LogP contribution in [0.4, 0.5) is 5.69 Å². The highest BCUT2D eigenvalue weighted by atomic mass is 32.2. The molecule has 0 radical (unpaired) electrons. The van der Waals surface area contributed by atoms with Crippen molar-refractivity contribution in [1.29, 1.82) is 0 Å². The summed E-state index contributed by atoms with van der Waals surface area (Å²) in [6, 6.07) is 15.4. The molecule has 2 aromatic rings. The zero-order valence-corrected chi connectivity index (χ0v) is 13.0. The fourth-order valence-electron chi connectivity index (χ4n) is 1.81. The second-order valence-electron chi connectivity index (χ2n) is 4.68. The minimum Gasteiger partial charge on any atom is -0.481 e. The highest BCUT2D eigenvalue weighted by molar-refractivity contribution is 8.15. The summed E-state index contributed by atoms with van der Waals surface area (Å²) in [5.74, 6) is -1.44. The van der Waals surface area contributed by atoms with E-state index < -0.39 is 16.9 Å². The second kappa shape index (κ2) is 8.14. The molecule has 0 aromatic heterocycles. The summed E-state index contributed by atoms with van der Waals surface area (Å²) in [5, 5.41) is 11.0. The van der Waals surface area contributed by atoms with E-state index in [1.165, 1.54) is 0 Å². The van der Waals surface area contributed by atoms with Crippen LogP contribution in [0, 0.1) is 0 Å². The third kappa shape index (κ3) is 5.27. The third-order valence-electron chi connectivity index (χ3n) is 2.95. The molecular weight excluding hydrogens is 314 g/mol. The number of carbonyl (C=O) groups excluding carboxylic acids is 2.